The number of hydrogen-bond acceptors (Lipinski definition) is 2. The van der Waals surface area contributed by atoms with Crippen LogP contribution in [0.1, 0.15) is 16.0 Å². The molecule has 0 radical (unpaired) electrons. The van der Waals surface area contributed by atoms with E-state index in [-0.39, 0.29) is 0 Å². The monoisotopic (exact) mass is 379 g/mol. The first-order chi connectivity index (χ1) is 10.1. The van der Waals surface area contributed by atoms with Gasteiger partial charge >= 0.3 is 0 Å². The molecule has 3 rings (SSSR count). The van der Waals surface area contributed by atoms with Crippen molar-refractivity contribution in [3.8, 4) is 0 Å². The summed E-state index contributed by atoms with van der Waals surface area (Å²) in [6.45, 7) is 4.96. The van der Waals surface area contributed by atoms with Crippen LogP contribution < -0.4 is 5.32 Å². The summed E-state index contributed by atoms with van der Waals surface area (Å²) in [6.07, 6.45) is 0. The molecule has 0 aliphatic rings. The Morgan fingerprint density at radius 1 is 1.14 bits per heavy atom. The zero-order valence-corrected chi connectivity index (χ0v) is 15.0. The van der Waals surface area contributed by atoms with Gasteiger partial charge < -0.3 is 5.32 Å². The second-order valence-electron chi connectivity index (χ2n) is 5.11. The molecule has 0 saturated heterocycles. The number of anilines is 1. The molecule has 0 bridgehead atoms. The number of nitrogens with one attached hydrogen (secondary N) is 1. The number of halogens is 2. The lowest BCUT2D eigenvalue weighted by Crippen LogP contribution is -1.99. The van der Waals surface area contributed by atoms with Crippen molar-refractivity contribution in [3.05, 3.63) is 61.9 Å². The van der Waals surface area contributed by atoms with Crippen LogP contribution in [-0.2, 0) is 6.54 Å². The van der Waals surface area contributed by atoms with Crippen molar-refractivity contribution in [1.29, 1.82) is 0 Å². The van der Waals surface area contributed by atoms with E-state index in [4.69, 9.17) is 11.6 Å². The third kappa shape index (κ3) is 2.96. The number of rotatable bonds is 3. The van der Waals surface area contributed by atoms with Crippen molar-refractivity contribution in [2.45, 2.75) is 20.4 Å². The van der Waals surface area contributed by atoms with Gasteiger partial charge in [-0.3, -0.25) is 0 Å². The number of hydrogen-bond donors (Lipinski definition) is 1. The van der Waals surface area contributed by atoms with Gasteiger partial charge in [0.25, 0.3) is 0 Å². The van der Waals surface area contributed by atoms with Gasteiger partial charge in [0.1, 0.15) is 0 Å². The van der Waals surface area contributed by atoms with Crippen LogP contribution in [0.5, 0.6) is 0 Å². The molecule has 3 aromatic rings. The molecule has 1 heterocycles. The molecular formula is C17H15BrClNS. The Labute approximate surface area is 142 Å². The fourth-order valence-corrected chi connectivity index (χ4v) is 4.08. The minimum Gasteiger partial charge on any atom is -0.380 e. The topological polar surface area (TPSA) is 12.0 Å². The molecule has 2 aromatic carbocycles. The van der Waals surface area contributed by atoms with Gasteiger partial charge in [0.05, 0.1) is 11.6 Å². The first kappa shape index (κ1) is 14.9. The molecule has 1 aromatic heterocycles. The van der Waals surface area contributed by atoms with Gasteiger partial charge in [0.2, 0.25) is 0 Å². The lowest BCUT2D eigenvalue weighted by molar-refractivity contribution is 1.18. The van der Waals surface area contributed by atoms with E-state index >= 15 is 0 Å². The van der Waals surface area contributed by atoms with Crippen molar-refractivity contribution in [2.24, 2.45) is 0 Å². The summed E-state index contributed by atoms with van der Waals surface area (Å²) in [4.78, 5) is 1.18. The Morgan fingerprint density at radius 2 is 1.81 bits per heavy atom. The zero-order chi connectivity index (χ0) is 15.0. The maximum absolute atomic E-state index is 6.47. The van der Waals surface area contributed by atoms with Crippen LogP contribution in [0.4, 0.5) is 5.69 Å². The predicted octanol–water partition coefficient (Wildman–Crippen LogP) is 6.55. The van der Waals surface area contributed by atoms with Crippen LogP contribution in [0, 0.1) is 13.8 Å². The predicted molar refractivity (Wildman–Crippen MR) is 97.8 cm³/mol. The van der Waals surface area contributed by atoms with E-state index in [0.29, 0.717) is 0 Å². The van der Waals surface area contributed by atoms with Crippen LogP contribution in [0.15, 0.2) is 40.9 Å². The van der Waals surface area contributed by atoms with Crippen LogP contribution >= 0.6 is 38.9 Å². The van der Waals surface area contributed by atoms with E-state index in [1.807, 2.05) is 12.1 Å². The minimum atomic E-state index is 0.749. The molecule has 0 fully saturated rings. The number of benzene rings is 2. The molecule has 1 N–H and O–H groups in total. The molecule has 0 unspecified atom stereocenters. The average molecular weight is 381 g/mol. The third-order valence-electron chi connectivity index (χ3n) is 3.49. The van der Waals surface area contributed by atoms with Gasteiger partial charge in [-0.25, -0.2) is 0 Å². The van der Waals surface area contributed by atoms with Crippen LogP contribution in [-0.4, -0.2) is 0 Å². The first-order valence-electron chi connectivity index (χ1n) is 6.73. The Bertz CT molecular complexity index is 787. The Morgan fingerprint density at radius 3 is 2.48 bits per heavy atom. The normalized spacial score (nSPS) is 11.0. The molecule has 0 atom stereocenters. The number of thiophene rings is 1. The second kappa shape index (κ2) is 5.99. The Balaban J connectivity index is 1.85. The molecule has 0 aliphatic carbocycles. The largest absolute Gasteiger partial charge is 0.380 e. The molecule has 21 heavy (non-hydrogen) atoms. The molecule has 1 nitrogen and oxygen atoms in total. The summed E-state index contributed by atoms with van der Waals surface area (Å²) >= 11 is 11.8. The van der Waals surface area contributed by atoms with Gasteiger partial charge in [-0.15, -0.1) is 11.3 Å². The highest BCUT2D eigenvalue weighted by atomic mass is 79.9. The zero-order valence-electron chi connectivity index (χ0n) is 11.8. The van der Waals surface area contributed by atoms with E-state index in [2.05, 4.69) is 59.4 Å². The van der Waals surface area contributed by atoms with E-state index < -0.39 is 0 Å². The number of aryl methyl sites for hydroxylation is 2. The highest BCUT2D eigenvalue weighted by molar-refractivity contribution is 9.10. The van der Waals surface area contributed by atoms with Gasteiger partial charge in [0.15, 0.2) is 0 Å². The molecule has 0 aliphatic heterocycles. The van der Waals surface area contributed by atoms with E-state index in [0.717, 1.165) is 22.6 Å². The van der Waals surface area contributed by atoms with Gasteiger partial charge in [-0.1, -0.05) is 45.7 Å². The van der Waals surface area contributed by atoms with E-state index in [1.54, 1.807) is 11.3 Å². The standard InChI is InChI=1S/C17H15BrClNS/c1-10-7-12(8-11(2)16(10)18)20-9-15-17(19)13-5-3-4-6-14(13)21-15/h3-8,20H,9H2,1-2H3. The van der Waals surface area contributed by atoms with E-state index in [1.165, 1.54) is 25.2 Å². The summed E-state index contributed by atoms with van der Waals surface area (Å²) in [5.41, 5.74) is 3.60. The summed E-state index contributed by atoms with van der Waals surface area (Å²) in [5, 5.41) is 5.49. The van der Waals surface area contributed by atoms with Crippen molar-refractivity contribution < 1.29 is 0 Å². The Kier molecular flexibility index (Phi) is 4.25. The van der Waals surface area contributed by atoms with Crippen molar-refractivity contribution in [2.75, 3.05) is 5.32 Å². The average Bonchev–Trinajstić information content (AvgIpc) is 2.79. The highest BCUT2D eigenvalue weighted by Gasteiger charge is 2.10. The van der Waals surface area contributed by atoms with Crippen LogP contribution in [0.2, 0.25) is 5.02 Å². The maximum atomic E-state index is 6.47. The minimum absolute atomic E-state index is 0.749. The van der Waals surface area contributed by atoms with Crippen molar-refractivity contribution >= 4 is 54.6 Å². The Hall–Kier alpha value is -1.03. The second-order valence-corrected chi connectivity index (χ2v) is 7.42. The quantitative estimate of drug-likeness (QED) is 0.543. The molecule has 0 saturated carbocycles. The lowest BCUT2D eigenvalue weighted by Gasteiger charge is -2.10. The summed E-state index contributed by atoms with van der Waals surface area (Å²) < 4.78 is 2.41. The summed E-state index contributed by atoms with van der Waals surface area (Å²) in [5.74, 6) is 0. The summed E-state index contributed by atoms with van der Waals surface area (Å²) in [7, 11) is 0. The lowest BCUT2D eigenvalue weighted by atomic mass is 10.1. The SMILES string of the molecule is Cc1cc(NCc2sc3ccccc3c2Cl)cc(C)c1Br. The summed E-state index contributed by atoms with van der Waals surface area (Å²) in [6, 6.07) is 12.6. The van der Waals surface area contributed by atoms with Gasteiger partial charge in [0, 0.05) is 25.1 Å². The molecule has 0 spiro atoms. The van der Waals surface area contributed by atoms with Crippen LogP contribution in [0.25, 0.3) is 10.1 Å². The fraction of sp³-hybridized carbons (Fsp3) is 0.176. The fourth-order valence-electron chi connectivity index (χ4n) is 2.41. The highest BCUT2D eigenvalue weighted by Crippen LogP contribution is 2.35. The molecule has 0 amide bonds. The maximum Gasteiger partial charge on any atom is 0.0642 e. The van der Waals surface area contributed by atoms with Crippen LogP contribution in [0.3, 0.4) is 0 Å². The molecule has 108 valence electrons. The van der Waals surface area contributed by atoms with E-state index in [9.17, 15) is 0 Å². The van der Waals surface area contributed by atoms with Crippen molar-refractivity contribution in [1.82, 2.24) is 0 Å². The molecular weight excluding hydrogens is 366 g/mol. The molecule has 4 heteroatoms. The van der Waals surface area contributed by atoms with Gasteiger partial charge in [-0.05, 0) is 43.2 Å². The third-order valence-corrected chi connectivity index (χ3v) is 6.46. The van der Waals surface area contributed by atoms with Crippen molar-refractivity contribution in [3.63, 3.8) is 0 Å². The smallest absolute Gasteiger partial charge is 0.0642 e. The number of fused-ring (bicyclic) bond motifs is 1. The first-order valence-corrected chi connectivity index (χ1v) is 8.71. The van der Waals surface area contributed by atoms with Gasteiger partial charge in [-0.2, -0.15) is 0 Å².